The Morgan fingerprint density at radius 1 is 1.44 bits per heavy atom. The third-order valence-electron chi connectivity index (χ3n) is 3.15. The maximum atomic E-state index is 12.0. The molecule has 4 heteroatoms. The molecular formula is C14H21ClN2O. The molecule has 0 saturated carbocycles. The summed E-state index contributed by atoms with van der Waals surface area (Å²) in [6, 6.07) is 7.65. The Morgan fingerprint density at radius 3 is 2.72 bits per heavy atom. The molecular weight excluding hydrogens is 248 g/mol. The van der Waals surface area contributed by atoms with Gasteiger partial charge in [-0.05, 0) is 38.6 Å². The average molecular weight is 269 g/mol. The van der Waals surface area contributed by atoms with E-state index in [-0.39, 0.29) is 11.9 Å². The number of nitrogens with one attached hydrogen (secondary N) is 1. The molecule has 1 aromatic rings. The highest BCUT2D eigenvalue weighted by atomic mass is 35.5. The van der Waals surface area contributed by atoms with Crippen molar-refractivity contribution in [1.29, 1.82) is 0 Å². The van der Waals surface area contributed by atoms with E-state index in [0.29, 0.717) is 11.4 Å². The van der Waals surface area contributed by atoms with Gasteiger partial charge in [-0.15, -0.1) is 0 Å². The van der Waals surface area contributed by atoms with Crippen molar-refractivity contribution in [1.82, 2.24) is 10.2 Å². The predicted octanol–water partition coefficient (Wildman–Crippen LogP) is 2.86. The first-order chi connectivity index (χ1) is 8.57. The van der Waals surface area contributed by atoms with Crippen LogP contribution in [0.2, 0.25) is 5.02 Å². The lowest BCUT2D eigenvalue weighted by Gasteiger charge is -2.26. The van der Waals surface area contributed by atoms with Crippen molar-refractivity contribution in [2.75, 3.05) is 20.6 Å². The molecule has 0 radical (unpaired) electrons. The third-order valence-corrected chi connectivity index (χ3v) is 3.49. The molecule has 1 N–H and O–H groups in total. The van der Waals surface area contributed by atoms with E-state index in [1.54, 1.807) is 4.90 Å². The number of halogens is 1. The summed E-state index contributed by atoms with van der Waals surface area (Å²) < 4.78 is 0. The summed E-state index contributed by atoms with van der Waals surface area (Å²) in [4.78, 5) is 13.8. The number of hydrogen-bond donors (Lipinski definition) is 1. The summed E-state index contributed by atoms with van der Waals surface area (Å²) >= 11 is 6.15. The second-order valence-electron chi connectivity index (χ2n) is 4.41. The van der Waals surface area contributed by atoms with Crippen LogP contribution in [0.3, 0.4) is 0 Å². The largest absolute Gasteiger partial charge is 0.339 e. The van der Waals surface area contributed by atoms with Crippen molar-refractivity contribution in [3.63, 3.8) is 0 Å². The number of carbonyl (C=O) groups excluding carboxylic acids is 1. The Kier molecular flexibility index (Phi) is 6.16. The van der Waals surface area contributed by atoms with Gasteiger partial charge in [-0.1, -0.05) is 29.8 Å². The zero-order valence-electron chi connectivity index (χ0n) is 11.2. The summed E-state index contributed by atoms with van der Waals surface area (Å²) in [5.41, 5.74) is 0.989. The Labute approximate surface area is 114 Å². The van der Waals surface area contributed by atoms with Crippen LogP contribution in [0, 0.1) is 0 Å². The Hall–Kier alpha value is -1.06. The fourth-order valence-electron chi connectivity index (χ4n) is 1.83. The second kappa shape index (κ2) is 7.39. The zero-order valence-corrected chi connectivity index (χ0v) is 12.0. The van der Waals surface area contributed by atoms with Gasteiger partial charge in [0.15, 0.2) is 0 Å². The van der Waals surface area contributed by atoms with Crippen LogP contribution in [0.5, 0.6) is 0 Å². The molecule has 0 aliphatic rings. The molecule has 1 amide bonds. The van der Waals surface area contributed by atoms with Crippen molar-refractivity contribution in [3.8, 4) is 0 Å². The lowest BCUT2D eigenvalue weighted by atomic mass is 10.1. The molecule has 0 spiro atoms. The minimum absolute atomic E-state index is 0.000728. The number of benzene rings is 1. The van der Waals surface area contributed by atoms with Crippen LogP contribution in [0.1, 0.15) is 31.4 Å². The van der Waals surface area contributed by atoms with E-state index in [4.69, 9.17) is 11.6 Å². The van der Waals surface area contributed by atoms with Gasteiger partial charge in [0.1, 0.15) is 0 Å². The monoisotopic (exact) mass is 268 g/mol. The van der Waals surface area contributed by atoms with Crippen molar-refractivity contribution in [2.45, 2.75) is 25.8 Å². The summed E-state index contributed by atoms with van der Waals surface area (Å²) in [6.45, 7) is 2.86. The molecule has 1 rings (SSSR count). The van der Waals surface area contributed by atoms with Crippen LogP contribution in [-0.2, 0) is 4.79 Å². The molecule has 0 aliphatic heterocycles. The molecule has 0 saturated heterocycles. The van der Waals surface area contributed by atoms with Crippen LogP contribution in [0.25, 0.3) is 0 Å². The van der Waals surface area contributed by atoms with Crippen LogP contribution in [-0.4, -0.2) is 31.4 Å². The van der Waals surface area contributed by atoms with Gasteiger partial charge in [-0.2, -0.15) is 0 Å². The highest BCUT2D eigenvalue weighted by molar-refractivity contribution is 6.31. The molecule has 1 atom stereocenters. The van der Waals surface area contributed by atoms with Crippen molar-refractivity contribution in [3.05, 3.63) is 34.9 Å². The molecule has 0 aromatic heterocycles. The van der Waals surface area contributed by atoms with Crippen LogP contribution in [0.15, 0.2) is 24.3 Å². The van der Waals surface area contributed by atoms with E-state index in [1.807, 2.05) is 45.3 Å². The van der Waals surface area contributed by atoms with Crippen molar-refractivity contribution in [2.24, 2.45) is 0 Å². The minimum Gasteiger partial charge on any atom is -0.339 e. The lowest BCUT2D eigenvalue weighted by Crippen LogP contribution is -2.30. The first-order valence-corrected chi connectivity index (χ1v) is 6.60. The van der Waals surface area contributed by atoms with E-state index in [0.717, 1.165) is 18.5 Å². The minimum atomic E-state index is 0.000728. The van der Waals surface area contributed by atoms with Gasteiger partial charge in [0.05, 0.1) is 6.04 Å². The summed E-state index contributed by atoms with van der Waals surface area (Å²) in [5, 5.41) is 3.75. The fourth-order valence-corrected chi connectivity index (χ4v) is 2.12. The first kappa shape index (κ1) is 15.0. The van der Waals surface area contributed by atoms with E-state index in [9.17, 15) is 4.79 Å². The van der Waals surface area contributed by atoms with Gasteiger partial charge in [0.25, 0.3) is 0 Å². The van der Waals surface area contributed by atoms with Crippen LogP contribution >= 0.6 is 11.6 Å². The SMILES string of the molecule is CNCCCC(=O)N(C)C(C)c1ccccc1Cl. The molecule has 3 nitrogen and oxygen atoms in total. The number of amides is 1. The number of nitrogens with zero attached hydrogens (tertiary/aromatic N) is 1. The van der Waals surface area contributed by atoms with Gasteiger partial charge in [-0.25, -0.2) is 0 Å². The van der Waals surface area contributed by atoms with Gasteiger partial charge in [0, 0.05) is 18.5 Å². The quantitative estimate of drug-likeness (QED) is 0.805. The molecule has 100 valence electrons. The van der Waals surface area contributed by atoms with Gasteiger partial charge in [0.2, 0.25) is 5.91 Å². The number of carbonyl (C=O) groups is 1. The summed E-state index contributed by atoms with van der Waals surface area (Å²) in [5.74, 6) is 0.151. The highest BCUT2D eigenvalue weighted by Crippen LogP contribution is 2.26. The average Bonchev–Trinajstić information content (AvgIpc) is 2.38. The van der Waals surface area contributed by atoms with Gasteiger partial charge in [-0.3, -0.25) is 4.79 Å². The fraction of sp³-hybridized carbons (Fsp3) is 0.500. The Morgan fingerprint density at radius 2 is 2.11 bits per heavy atom. The van der Waals surface area contributed by atoms with E-state index in [1.165, 1.54) is 0 Å². The normalized spacial score (nSPS) is 12.2. The third kappa shape index (κ3) is 4.00. The number of rotatable bonds is 6. The summed E-state index contributed by atoms with van der Waals surface area (Å²) in [7, 11) is 3.72. The predicted molar refractivity (Wildman–Crippen MR) is 75.8 cm³/mol. The Balaban J connectivity index is 2.63. The first-order valence-electron chi connectivity index (χ1n) is 6.22. The number of hydrogen-bond acceptors (Lipinski definition) is 2. The maximum Gasteiger partial charge on any atom is 0.222 e. The van der Waals surface area contributed by atoms with E-state index >= 15 is 0 Å². The second-order valence-corrected chi connectivity index (χ2v) is 4.82. The zero-order chi connectivity index (χ0) is 13.5. The van der Waals surface area contributed by atoms with Gasteiger partial charge >= 0.3 is 0 Å². The van der Waals surface area contributed by atoms with Crippen molar-refractivity contribution < 1.29 is 4.79 Å². The molecule has 1 aromatic carbocycles. The van der Waals surface area contributed by atoms with Gasteiger partial charge < -0.3 is 10.2 Å². The van der Waals surface area contributed by atoms with Crippen LogP contribution < -0.4 is 5.32 Å². The lowest BCUT2D eigenvalue weighted by molar-refractivity contribution is -0.131. The Bertz CT molecular complexity index is 395. The molecule has 0 aliphatic carbocycles. The van der Waals surface area contributed by atoms with E-state index < -0.39 is 0 Å². The molecule has 0 bridgehead atoms. The van der Waals surface area contributed by atoms with E-state index in [2.05, 4.69) is 5.32 Å². The van der Waals surface area contributed by atoms with Crippen LogP contribution in [0.4, 0.5) is 0 Å². The molecule has 18 heavy (non-hydrogen) atoms. The molecule has 1 unspecified atom stereocenters. The topological polar surface area (TPSA) is 32.3 Å². The smallest absolute Gasteiger partial charge is 0.222 e. The summed E-state index contributed by atoms with van der Waals surface area (Å²) in [6.07, 6.45) is 1.42. The maximum absolute atomic E-state index is 12.0. The molecule has 0 heterocycles. The molecule has 0 fully saturated rings. The standard InChI is InChI=1S/C14H21ClN2O/c1-11(12-7-4-5-8-13(12)15)17(3)14(18)9-6-10-16-2/h4-5,7-8,11,16H,6,9-10H2,1-3H3. The highest BCUT2D eigenvalue weighted by Gasteiger charge is 2.18. The van der Waals surface area contributed by atoms with Crippen molar-refractivity contribution >= 4 is 17.5 Å².